The highest BCUT2D eigenvalue weighted by Gasteiger charge is 2.43. The summed E-state index contributed by atoms with van der Waals surface area (Å²) < 4.78 is 0. The molecule has 1 aliphatic rings. The van der Waals surface area contributed by atoms with E-state index in [4.69, 9.17) is 0 Å². The van der Waals surface area contributed by atoms with Crippen LogP contribution in [0.1, 0.15) is 26.3 Å². The molecule has 1 aromatic rings. The smallest absolute Gasteiger partial charge is 0.325 e. The molecule has 1 fully saturated rings. The van der Waals surface area contributed by atoms with E-state index in [0.29, 0.717) is 13.1 Å². The van der Waals surface area contributed by atoms with Crippen LogP contribution < -0.4 is 10.2 Å². The van der Waals surface area contributed by atoms with Crippen molar-refractivity contribution in [1.29, 1.82) is 0 Å². The van der Waals surface area contributed by atoms with Gasteiger partial charge in [0.05, 0.1) is 0 Å². The largest absolute Gasteiger partial charge is 0.370 e. The standard InChI is InChI=1S/C16H23N3O2/c1-5-18(13-8-6-7-12(2)11-13)9-10-19-14(20)16(3,4)17-15(19)21/h6-8,11H,5,9-10H2,1-4H3,(H,17,21). The van der Waals surface area contributed by atoms with Gasteiger partial charge >= 0.3 is 6.03 Å². The third kappa shape index (κ3) is 3.17. The van der Waals surface area contributed by atoms with Crippen LogP contribution in [0.25, 0.3) is 0 Å². The van der Waals surface area contributed by atoms with Crippen molar-refractivity contribution in [2.75, 3.05) is 24.5 Å². The minimum Gasteiger partial charge on any atom is -0.370 e. The summed E-state index contributed by atoms with van der Waals surface area (Å²) in [5.41, 5.74) is 1.52. The molecular formula is C16H23N3O2. The Morgan fingerprint density at radius 2 is 2.00 bits per heavy atom. The zero-order valence-electron chi connectivity index (χ0n) is 13.1. The van der Waals surface area contributed by atoms with Gasteiger partial charge in [-0.15, -0.1) is 0 Å². The van der Waals surface area contributed by atoms with Crippen molar-refractivity contribution >= 4 is 17.6 Å². The summed E-state index contributed by atoms with van der Waals surface area (Å²) in [6.07, 6.45) is 0. The number of rotatable bonds is 5. The molecule has 21 heavy (non-hydrogen) atoms. The Kier molecular flexibility index (Phi) is 4.21. The second-order valence-electron chi connectivity index (χ2n) is 5.93. The molecule has 1 saturated heterocycles. The van der Waals surface area contributed by atoms with Crippen LogP contribution in [-0.2, 0) is 4.79 Å². The lowest BCUT2D eigenvalue weighted by Gasteiger charge is -2.25. The number of hydrogen-bond acceptors (Lipinski definition) is 3. The number of benzene rings is 1. The quantitative estimate of drug-likeness (QED) is 0.845. The van der Waals surface area contributed by atoms with E-state index >= 15 is 0 Å². The summed E-state index contributed by atoms with van der Waals surface area (Å²) in [6.45, 7) is 9.44. The maximum Gasteiger partial charge on any atom is 0.325 e. The number of nitrogens with zero attached hydrogens (tertiary/aromatic N) is 2. The topological polar surface area (TPSA) is 52.6 Å². The molecule has 114 valence electrons. The van der Waals surface area contributed by atoms with Gasteiger partial charge in [-0.05, 0) is 45.4 Å². The second kappa shape index (κ2) is 5.76. The summed E-state index contributed by atoms with van der Waals surface area (Å²) in [7, 11) is 0. The van der Waals surface area contributed by atoms with Gasteiger partial charge in [0, 0.05) is 25.3 Å². The van der Waals surface area contributed by atoms with Crippen molar-refractivity contribution in [2.24, 2.45) is 0 Å². The fourth-order valence-corrected chi connectivity index (χ4v) is 2.54. The van der Waals surface area contributed by atoms with Gasteiger partial charge in [-0.2, -0.15) is 0 Å². The van der Waals surface area contributed by atoms with Crippen LogP contribution in [-0.4, -0.2) is 42.0 Å². The number of aryl methyl sites for hydroxylation is 1. The van der Waals surface area contributed by atoms with Gasteiger partial charge in [-0.25, -0.2) is 4.79 Å². The molecule has 0 aromatic heterocycles. The molecule has 0 atom stereocenters. The van der Waals surface area contributed by atoms with Crippen molar-refractivity contribution < 1.29 is 9.59 Å². The SMILES string of the molecule is CCN(CCN1C(=O)NC(C)(C)C1=O)c1cccc(C)c1. The van der Waals surface area contributed by atoms with Crippen molar-refractivity contribution in [3.05, 3.63) is 29.8 Å². The van der Waals surface area contributed by atoms with E-state index < -0.39 is 5.54 Å². The molecule has 3 amide bonds. The van der Waals surface area contributed by atoms with Crippen LogP contribution in [0.5, 0.6) is 0 Å². The number of urea groups is 1. The number of carbonyl (C=O) groups is 2. The highest BCUT2D eigenvalue weighted by Crippen LogP contribution is 2.18. The first-order valence-corrected chi connectivity index (χ1v) is 7.31. The predicted octanol–water partition coefficient (Wildman–Crippen LogP) is 2.15. The van der Waals surface area contributed by atoms with E-state index in [2.05, 4.69) is 36.2 Å². The molecule has 0 bridgehead atoms. The first-order chi connectivity index (χ1) is 9.85. The van der Waals surface area contributed by atoms with E-state index in [1.807, 2.05) is 12.1 Å². The van der Waals surface area contributed by atoms with Crippen LogP contribution in [0.3, 0.4) is 0 Å². The molecular weight excluding hydrogens is 266 g/mol. The average Bonchev–Trinajstić information content (AvgIpc) is 2.61. The molecule has 1 aliphatic heterocycles. The highest BCUT2D eigenvalue weighted by molar-refractivity contribution is 6.06. The molecule has 0 aliphatic carbocycles. The Hall–Kier alpha value is -2.04. The van der Waals surface area contributed by atoms with E-state index in [1.54, 1.807) is 13.8 Å². The molecule has 1 aromatic carbocycles. The third-order valence-corrected chi connectivity index (χ3v) is 3.79. The van der Waals surface area contributed by atoms with Gasteiger partial charge in [-0.1, -0.05) is 12.1 Å². The number of nitrogens with one attached hydrogen (secondary N) is 1. The van der Waals surface area contributed by atoms with Gasteiger partial charge in [0.2, 0.25) is 0 Å². The van der Waals surface area contributed by atoms with Gasteiger partial charge in [0.15, 0.2) is 0 Å². The normalized spacial score (nSPS) is 17.0. The molecule has 0 radical (unpaired) electrons. The van der Waals surface area contributed by atoms with Crippen LogP contribution in [0, 0.1) is 6.92 Å². The fraction of sp³-hybridized carbons (Fsp3) is 0.500. The Labute approximate surface area is 125 Å². The fourth-order valence-electron chi connectivity index (χ4n) is 2.54. The average molecular weight is 289 g/mol. The van der Waals surface area contributed by atoms with Gasteiger partial charge in [0.1, 0.15) is 5.54 Å². The van der Waals surface area contributed by atoms with Gasteiger partial charge < -0.3 is 10.2 Å². The third-order valence-electron chi connectivity index (χ3n) is 3.79. The van der Waals surface area contributed by atoms with Crippen LogP contribution in [0.2, 0.25) is 0 Å². The monoisotopic (exact) mass is 289 g/mol. The van der Waals surface area contributed by atoms with Crippen molar-refractivity contribution in [1.82, 2.24) is 10.2 Å². The minimum atomic E-state index is -0.794. The lowest BCUT2D eigenvalue weighted by atomic mass is 10.1. The lowest BCUT2D eigenvalue weighted by Crippen LogP contribution is -2.42. The highest BCUT2D eigenvalue weighted by atomic mass is 16.2. The maximum atomic E-state index is 12.2. The van der Waals surface area contributed by atoms with Crippen LogP contribution >= 0.6 is 0 Å². The van der Waals surface area contributed by atoms with E-state index in [0.717, 1.165) is 12.2 Å². The van der Waals surface area contributed by atoms with Crippen LogP contribution in [0.4, 0.5) is 10.5 Å². The number of likely N-dealkylation sites (N-methyl/N-ethyl adjacent to an activating group) is 1. The summed E-state index contributed by atoms with van der Waals surface area (Å²) in [5, 5.41) is 2.70. The Morgan fingerprint density at radius 1 is 1.29 bits per heavy atom. The van der Waals surface area contributed by atoms with Gasteiger partial charge in [0.25, 0.3) is 5.91 Å². The molecule has 5 nitrogen and oxygen atoms in total. The molecule has 1 heterocycles. The molecule has 5 heteroatoms. The van der Waals surface area contributed by atoms with Crippen molar-refractivity contribution in [2.45, 2.75) is 33.2 Å². The summed E-state index contributed by atoms with van der Waals surface area (Å²) in [4.78, 5) is 27.5. The zero-order chi connectivity index (χ0) is 15.6. The number of hydrogen-bond donors (Lipinski definition) is 1. The summed E-state index contributed by atoms with van der Waals surface area (Å²) in [6, 6.07) is 7.93. The number of imide groups is 1. The Morgan fingerprint density at radius 3 is 2.52 bits per heavy atom. The zero-order valence-corrected chi connectivity index (χ0v) is 13.1. The maximum absolute atomic E-state index is 12.2. The summed E-state index contributed by atoms with van der Waals surface area (Å²) in [5.74, 6) is -0.159. The number of amides is 3. The van der Waals surface area contributed by atoms with E-state index in [-0.39, 0.29) is 11.9 Å². The summed E-state index contributed by atoms with van der Waals surface area (Å²) >= 11 is 0. The number of carbonyl (C=O) groups excluding carboxylic acids is 2. The molecule has 0 unspecified atom stereocenters. The van der Waals surface area contributed by atoms with E-state index in [9.17, 15) is 9.59 Å². The van der Waals surface area contributed by atoms with Crippen molar-refractivity contribution in [3.63, 3.8) is 0 Å². The molecule has 0 saturated carbocycles. The predicted molar refractivity (Wildman–Crippen MR) is 83.4 cm³/mol. The second-order valence-corrected chi connectivity index (χ2v) is 5.93. The Balaban J connectivity index is 2.04. The molecule has 0 spiro atoms. The van der Waals surface area contributed by atoms with Crippen molar-refractivity contribution in [3.8, 4) is 0 Å². The first-order valence-electron chi connectivity index (χ1n) is 7.31. The van der Waals surface area contributed by atoms with Crippen LogP contribution in [0.15, 0.2) is 24.3 Å². The van der Waals surface area contributed by atoms with E-state index in [1.165, 1.54) is 10.5 Å². The molecule has 1 N–H and O–H groups in total. The molecule has 2 rings (SSSR count). The van der Waals surface area contributed by atoms with Gasteiger partial charge in [-0.3, -0.25) is 9.69 Å². The minimum absolute atomic E-state index is 0.159. The number of anilines is 1. The first kappa shape index (κ1) is 15.4. The lowest BCUT2D eigenvalue weighted by molar-refractivity contribution is -0.130. The Bertz CT molecular complexity index is 554.